The van der Waals surface area contributed by atoms with Gasteiger partial charge in [0.2, 0.25) is 0 Å². The zero-order valence-corrected chi connectivity index (χ0v) is 6.76. The second-order valence-corrected chi connectivity index (χ2v) is 2.38. The molecule has 1 unspecified atom stereocenters. The molecule has 0 fully saturated rings. The zero-order chi connectivity index (χ0) is 7.82. The molecule has 0 saturated heterocycles. The van der Waals surface area contributed by atoms with Crippen LogP contribution < -0.4 is 0 Å². The highest BCUT2D eigenvalue weighted by Gasteiger charge is 2.04. The van der Waals surface area contributed by atoms with E-state index >= 15 is 0 Å². The highest BCUT2D eigenvalue weighted by molar-refractivity contribution is 4.60. The summed E-state index contributed by atoms with van der Waals surface area (Å²) in [5.41, 5.74) is 0. The molecule has 1 atom stereocenters. The van der Waals surface area contributed by atoms with Crippen LogP contribution in [0.15, 0.2) is 0 Å². The molecule has 0 aromatic heterocycles. The molecule has 0 N–H and O–H groups in total. The van der Waals surface area contributed by atoms with Gasteiger partial charge < -0.3 is 4.74 Å². The van der Waals surface area contributed by atoms with Gasteiger partial charge in [-0.15, -0.1) is 0 Å². The van der Waals surface area contributed by atoms with Crippen molar-refractivity contribution >= 4 is 0 Å². The number of ether oxygens (including phenoxy) is 1. The summed E-state index contributed by atoms with van der Waals surface area (Å²) < 4.78 is 4.80. The monoisotopic (exact) mass is 141 g/mol. The van der Waals surface area contributed by atoms with Crippen molar-refractivity contribution in [3.05, 3.63) is 0 Å². The molecule has 0 aromatic rings. The van der Waals surface area contributed by atoms with Crippen molar-refractivity contribution in [1.82, 2.24) is 0 Å². The second-order valence-electron chi connectivity index (χ2n) is 2.38. The van der Waals surface area contributed by atoms with Crippen LogP contribution in [0.4, 0.5) is 0 Å². The maximum absolute atomic E-state index is 8.19. The van der Waals surface area contributed by atoms with Crippen LogP contribution in [-0.2, 0) is 4.74 Å². The third kappa shape index (κ3) is 4.20. The fourth-order valence-electron chi connectivity index (χ4n) is 0.853. The highest BCUT2D eigenvalue weighted by atomic mass is 16.5. The molecule has 0 aliphatic heterocycles. The van der Waals surface area contributed by atoms with Crippen molar-refractivity contribution in [1.29, 1.82) is 5.26 Å². The van der Waals surface area contributed by atoms with Gasteiger partial charge in [0, 0.05) is 0 Å². The van der Waals surface area contributed by atoms with Crippen LogP contribution >= 0.6 is 0 Å². The first-order valence-corrected chi connectivity index (χ1v) is 3.89. The minimum Gasteiger partial charge on any atom is -0.424 e. The lowest BCUT2D eigenvalue weighted by Crippen LogP contribution is -2.07. The summed E-state index contributed by atoms with van der Waals surface area (Å²) in [5.74, 6) is 0. The summed E-state index contributed by atoms with van der Waals surface area (Å²) in [4.78, 5) is 0. The molecule has 2 heteroatoms. The molecule has 0 heterocycles. The maximum atomic E-state index is 8.19. The number of hydrogen-bond acceptors (Lipinski definition) is 2. The molecule has 10 heavy (non-hydrogen) atoms. The van der Waals surface area contributed by atoms with Crippen LogP contribution in [0.5, 0.6) is 0 Å². The van der Waals surface area contributed by atoms with E-state index < -0.39 is 0 Å². The molecule has 0 aliphatic carbocycles. The van der Waals surface area contributed by atoms with Crippen molar-refractivity contribution in [3.63, 3.8) is 0 Å². The smallest absolute Gasteiger partial charge is 0.286 e. The third-order valence-corrected chi connectivity index (χ3v) is 1.55. The Morgan fingerprint density at radius 1 is 1.50 bits per heavy atom. The van der Waals surface area contributed by atoms with Gasteiger partial charge in [-0.3, -0.25) is 0 Å². The second kappa shape index (κ2) is 6.41. The van der Waals surface area contributed by atoms with E-state index in [1.54, 1.807) is 6.26 Å². The number of unbranched alkanes of at least 4 members (excludes halogenated alkanes) is 1. The van der Waals surface area contributed by atoms with Gasteiger partial charge in [0.15, 0.2) is 0 Å². The molecule has 0 rings (SSSR count). The largest absolute Gasteiger partial charge is 0.424 e. The normalized spacial score (nSPS) is 12.1. The van der Waals surface area contributed by atoms with Gasteiger partial charge in [-0.1, -0.05) is 26.7 Å². The Hall–Kier alpha value is -0.710. The fraction of sp³-hybridized carbons (Fsp3) is 0.875. The number of nitrogens with zero attached hydrogens (tertiary/aromatic N) is 1. The lowest BCUT2D eigenvalue weighted by atomic mass is 10.1. The van der Waals surface area contributed by atoms with Gasteiger partial charge in [-0.25, -0.2) is 0 Å². The molecule has 2 nitrogen and oxygen atoms in total. The molecule has 0 spiro atoms. The van der Waals surface area contributed by atoms with E-state index in [0.29, 0.717) is 0 Å². The predicted octanol–water partition coefficient (Wildman–Crippen LogP) is 2.45. The SMILES string of the molecule is CCCCC(CC)OC#N. The first-order valence-electron chi connectivity index (χ1n) is 3.89. The molecule has 0 aromatic carbocycles. The molecule has 0 radical (unpaired) electrons. The van der Waals surface area contributed by atoms with Crippen molar-refractivity contribution < 1.29 is 4.74 Å². The van der Waals surface area contributed by atoms with Gasteiger partial charge in [0.1, 0.15) is 6.10 Å². The van der Waals surface area contributed by atoms with Gasteiger partial charge in [0.25, 0.3) is 6.26 Å². The van der Waals surface area contributed by atoms with E-state index in [1.807, 2.05) is 6.92 Å². The van der Waals surface area contributed by atoms with Crippen LogP contribution in [0.3, 0.4) is 0 Å². The zero-order valence-electron chi connectivity index (χ0n) is 6.76. The van der Waals surface area contributed by atoms with Crippen LogP contribution in [0, 0.1) is 11.5 Å². The average Bonchev–Trinajstić information content (AvgIpc) is 1.98. The quantitative estimate of drug-likeness (QED) is 0.551. The summed E-state index contributed by atoms with van der Waals surface area (Å²) in [5, 5.41) is 8.19. The average molecular weight is 141 g/mol. The first-order chi connectivity index (χ1) is 4.85. The molecule has 0 amide bonds. The Morgan fingerprint density at radius 2 is 2.20 bits per heavy atom. The summed E-state index contributed by atoms with van der Waals surface area (Å²) >= 11 is 0. The summed E-state index contributed by atoms with van der Waals surface area (Å²) in [6.07, 6.45) is 6.16. The van der Waals surface area contributed by atoms with E-state index in [0.717, 1.165) is 19.3 Å². The van der Waals surface area contributed by atoms with E-state index in [2.05, 4.69) is 6.92 Å². The Bertz CT molecular complexity index is 106. The van der Waals surface area contributed by atoms with E-state index in [4.69, 9.17) is 10.00 Å². The summed E-state index contributed by atoms with van der Waals surface area (Å²) in [6, 6.07) is 0. The van der Waals surface area contributed by atoms with Gasteiger partial charge in [0.05, 0.1) is 0 Å². The standard InChI is InChI=1S/C8H15NO/c1-3-5-6-8(4-2)10-7-9/h8H,3-6H2,1-2H3. The van der Waals surface area contributed by atoms with E-state index in [9.17, 15) is 0 Å². The number of hydrogen-bond donors (Lipinski definition) is 0. The number of nitriles is 1. The lowest BCUT2D eigenvalue weighted by molar-refractivity contribution is 0.145. The first kappa shape index (κ1) is 9.29. The molecule has 0 saturated carbocycles. The predicted molar refractivity (Wildman–Crippen MR) is 40.3 cm³/mol. The summed E-state index contributed by atoms with van der Waals surface area (Å²) in [6.45, 7) is 4.18. The third-order valence-electron chi connectivity index (χ3n) is 1.55. The van der Waals surface area contributed by atoms with Crippen LogP contribution in [0.25, 0.3) is 0 Å². The molecule has 58 valence electrons. The van der Waals surface area contributed by atoms with Crippen LogP contribution in [0.1, 0.15) is 39.5 Å². The minimum atomic E-state index is 0.157. The van der Waals surface area contributed by atoms with E-state index in [-0.39, 0.29) is 6.10 Å². The van der Waals surface area contributed by atoms with Crippen molar-refractivity contribution in [3.8, 4) is 6.26 Å². The fourth-order valence-corrected chi connectivity index (χ4v) is 0.853. The number of rotatable bonds is 5. The van der Waals surface area contributed by atoms with Gasteiger partial charge in [-0.05, 0) is 12.8 Å². The topological polar surface area (TPSA) is 33.0 Å². The van der Waals surface area contributed by atoms with Crippen LogP contribution in [-0.4, -0.2) is 6.10 Å². The lowest BCUT2D eigenvalue weighted by Gasteiger charge is -2.09. The van der Waals surface area contributed by atoms with Gasteiger partial charge in [-0.2, -0.15) is 5.26 Å². The van der Waals surface area contributed by atoms with Crippen LogP contribution in [0.2, 0.25) is 0 Å². The Balaban J connectivity index is 3.32. The van der Waals surface area contributed by atoms with E-state index in [1.165, 1.54) is 6.42 Å². The van der Waals surface area contributed by atoms with Crippen molar-refractivity contribution in [2.75, 3.05) is 0 Å². The maximum Gasteiger partial charge on any atom is 0.286 e. The molecule has 0 bridgehead atoms. The molecular weight excluding hydrogens is 126 g/mol. The molecular formula is C8H15NO. The Morgan fingerprint density at radius 3 is 2.60 bits per heavy atom. The summed E-state index contributed by atoms with van der Waals surface area (Å²) in [7, 11) is 0. The van der Waals surface area contributed by atoms with Crippen molar-refractivity contribution in [2.24, 2.45) is 0 Å². The Labute approximate surface area is 62.8 Å². The highest BCUT2D eigenvalue weighted by Crippen LogP contribution is 2.07. The van der Waals surface area contributed by atoms with Gasteiger partial charge >= 0.3 is 0 Å². The molecule has 0 aliphatic rings. The van der Waals surface area contributed by atoms with Crippen molar-refractivity contribution in [2.45, 2.75) is 45.6 Å². The Kier molecular flexibility index (Phi) is 5.96. The minimum absolute atomic E-state index is 0.157.